The summed E-state index contributed by atoms with van der Waals surface area (Å²) in [6.45, 7) is 6.00. The van der Waals surface area contributed by atoms with E-state index in [1.54, 1.807) is 0 Å². The number of hydrogen-bond acceptors (Lipinski definition) is 3. The average molecular weight is 425 g/mol. The van der Waals surface area contributed by atoms with Crippen LogP contribution in [-0.4, -0.2) is 57.0 Å². The molecule has 0 saturated carbocycles. The third-order valence-electron chi connectivity index (χ3n) is 6.61. The first-order valence-corrected chi connectivity index (χ1v) is 10.7. The molecule has 2 aliphatic heterocycles. The molecule has 2 aromatic carbocycles. The molecule has 0 unspecified atom stereocenters. The minimum Gasteiger partial charge on any atom is -0.337 e. The van der Waals surface area contributed by atoms with Crippen molar-refractivity contribution in [3.05, 3.63) is 66.0 Å². The van der Waals surface area contributed by atoms with Gasteiger partial charge in [0, 0.05) is 37.3 Å². The molecule has 3 aromatic rings. The van der Waals surface area contributed by atoms with E-state index in [0.29, 0.717) is 12.1 Å². The Morgan fingerprint density at radius 1 is 1.07 bits per heavy atom. The summed E-state index contributed by atoms with van der Waals surface area (Å²) in [5, 5.41) is 0. The van der Waals surface area contributed by atoms with Gasteiger partial charge in [0.2, 0.25) is 0 Å². The fourth-order valence-corrected chi connectivity index (χ4v) is 4.96. The van der Waals surface area contributed by atoms with Crippen LogP contribution in [0, 0.1) is 0 Å². The Hall–Kier alpha value is -2.37. The molecule has 158 valence electrons. The van der Waals surface area contributed by atoms with Crippen molar-refractivity contribution in [1.29, 1.82) is 0 Å². The van der Waals surface area contributed by atoms with Crippen LogP contribution in [0.15, 0.2) is 54.9 Å². The van der Waals surface area contributed by atoms with Crippen molar-refractivity contribution in [3.8, 4) is 0 Å². The lowest BCUT2D eigenvalue weighted by molar-refractivity contribution is 0.0774. The fourth-order valence-electron chi connectivity index (χ4n) is 4.96. The highest BCUT2D eigenvalue weighted by Gasteiger charge is 2.34. The third-order valence-corrected chi connectivity index (χ3v) is 6.61. The molecule has 2 atom stereocenters. The number of fused-ring (bicyclic) bond motifs is 1. The maximum absolute atomic E-state index is 13.0. The highest BCUT2D eigenvalue weighted by Crippen LogP contribution is 2.26. The molecule has 0 radical (unpaired) electrons. The van der Waals surface area contributed by atoms with Gasteiger partial charge in [-0.05, 0) is 62.6 Å². The van der Waals surface area contributed by atoms with Gasteiger partial charge in [-0.1, -0.05) is 24.3 Å². The van der Waals surface area contributed by atoms with Crippen molar-refractivity contribution >= 4 is 29.3 Å². The van der Waals surface area contributed by atoms with Crippen LogP contribution in [0.4, 0.5) is 0 Å². The van der Waals surface area contributed by atoms with E-state index in [-0.39, 0.29) is 18.3 Å². The molecule has 1 aromatic heterocycles. The summed E-state index contributed by atoms with van der Waals surface area (Å²) >= 11 is 0. The highest BCUT2D eigenvalue weighted by molar-refractivity contribution is 5.94. The first kappa shape index (κ1) is 20.9. The molecule has 0 N–H and O–H groups in total. The topological polar surface area (TPSA) is 41.4 Å². The minimum atomic E-state index is 0. The van der Waals surface area contributed by atoms with Gasteiger partial charge in [0.1, 0.15) is 0 Å². The number of carbonyl (C=O) groups is 1. The monoisotopic (exact) mass is 424 g/mol. The lowest BCUT2D eigenvalue weighted by Gasteiger charge is -2.28. The van der Waals surface area contributed by atoms with Crippen LogP contribution in [-0.2, 0) is 6.54 Å². The summed E-state index contributed by atoms with van der Waals surface area (Å²) in [5.74, 6) is 0.166. The molecule has 5 nitrogen and oxygen atoms in total. The normalized spacial score (nSPS) is 21.8. The predicted octanol–water partition coefficient (Wildman–Crippen LogP) is 4.21. The summed E-state index contributed by atoms with van der Waals surface area (Å²) in [5.41, 5.74) is 4.11. The van der Waals surface area contributed by atoms with Crippen molar-refractivity contribution in [3.63, 3.8) is 0 Å². The SMILES string of the molecule is C[C@H]1CCCN1[C@@H]1CCN(C(=O)c2ccc(Cn3cnc4ccccc43)cc2)C1.Cl. The first-order chi connectivity index (χ1) is 14.2. The number of rotatable bonds is 4. The molecule has 2 fully saturated rings. The van der Waals surface area contributed by atoms with E-state index >= 15 is 0 Å². The smallest absolute Gasteiger partial charge is 0.253 e. The Balaban J connectivity index is 0.00000218. The second-order valence-electron chi connectivity index (χ2n) is 8.48. The Morgan fingerprint density at radius 2 is 1.87 bits per heavy atom. The number of hydrogen-bond donors (Lipinski definition) is 0. The van der Waals surface area contributed by atoms with Crippen LogP contribution in [0.3, 0.4) is 0 Å². The Morgan fingerprint density at radius 3 is 2.63 bits per heavy atom. The molecule has 2 aliphatic rings. The zero-order valence-electron chi connectivity index (χ0n) is 17.4. The Bertz CT molecular complexity index is 1020. The molecule has 2 saturated heterocycles. The van der Waals surface area contributed by atoms with E-state index in [9.17, 15) is 4.79 Å². The summed E-state index contributed by atoms with van der Waals surface area (Å²) in [6.07, 6.45) is 5.56. The summed E-state index contributed by atoms with van der Waals surface area (Å²) in [4.78, 5) is 22.1. The number of aromatic nitrogens is 2. The molecule has 3 heterocycles. The van der Waals surface area contributed by atoms with Crippen LogP contribution in [0.1, 0.15) is 42.1 Å². The lowest BCUT2D eigenvalue weighted by Crippen LogP contribution is -2.40. The minimum absolute atomic E-state index is 0. The maximum atomic E-state index is 13.0. The Labute approximate surface area is 184 Å². The summed E-state index contributed by atoms with van der Waals surface area (Å²) in [7, 11) is 0. The Kier molecular flexibility index (Phi) is 6.11. The van der Waals surface area contributed by atoms with Crippen LogP contribution in [0.2, 0.25) is 0 Å². The van der Waals surface area contributed by atoms with Crippen molar-refractivity contribution in [1.82, 2.24) is 19.4 Å². The van der Waals surface area contributed by atoms with E-state index < -0.39 is 0 Å². The number of benzene rings is 2. The number of para-hydroxylation sites is 2. The van der Waals surface area contributed by atoms with Gasteiger partial charge in [0.05, 0.1) is 17.4 Å². The second-order valence-corrected chi connectivity index (χ2v) is 8.48. The van der Waals surface area contributed by atoms with E-state index in [2.05, 4.69) is 39.6 Å². The van der Waals surface area contributed by atoms with E-state index in [1.807, 2.05) is 41.6 Å². The number of nitrogens with zero attached hydrogens (tertiary/aromatic N) is 4. The van der Waals surface area contributed by atoms with Crippen molar-refractivity contribution in [2.75, 3.05) is 19.6 Å². The molecular formula is C24H29ClN4O. The van der Waals surface area contributed by atoms with Gasteiger partial charge in [0.25, 0.3) is 5.91 Å². The largest absolute Gasteiger partial charge is 0.337 e. The van der Waals surface area contributed by atoms with Crippen LogP contribution in [0.5, 0.6) is 0 Å². The molecule has 1 amide bonds. The number of imidazole rings is 1. The quantitative estimate of drug-likeness (QED) is 0.630. The molecule has 30 heavy (non-hydrogen) atoms. The van der Waals surface area contributed by atoms with Gasteiger partial charge >= 0.3 is 0 Å². The van der Waals surface area contributed by atoms with Gasteiger partial charge in [-0.2, -0.15) is 0 Å². The molecular weight excluding hydrogens is 396 g/mol. The van der Waals surface area contributed by atoms with Crippen LogP contribution >= 0.6 is 12.4 Å². The van der Waals surface area contributed by atoms with Crippen molar-refractivity contribution in [2.45, 2.75) is 44.8 Å². The van der Waals surface area contributed by atoms with E-state index in [4.69, 9.17) is 0 Å². The number of likely N-dealkylation sites (tertiary alicyclic amines) is 2. The molecule has 6 heteroatoms. The third kappa shape index (κ3) is 3.96. The second kappa shape index (κ2) is 8.78. The van der Waals surface area contributed by atoms with Gasteiger partial charge in [-0.15, -0.1) is 12.4 Å². The number of amides is 1. The molecule has 0 aliphatic carbocycles. The average Bonchev–Trinajstić information content (AvgIpc) is 3.48. The fraction of sp³-hybridized carbons (Fsp3) is 0.417. The van der Waals surface area contributed by atoms with Gasteiger partial charge in [-0.3, -0.25) is 9.69 Å². The molecule has 5 rings (SSSR count). The zero-order chi connectivity index (χ0) is 19.8. The summed E-state index contributed by atoms with van der Waals surface area (Å²) in [6, 6.07) is 17.4. The molecule has 0 spiro atoms. The number of halogens is 1. The maximum Gasteiger partial charge on any atom is 0.253 e. The first-order valence-electron chi connectivity index (χ1n) is 10.7. The lowest BCUT2D eigenvalue weighted by atomic mass is 10.1. The zero-order valence-corrected chi connectivity index (χ0v) is 18.2. The van der Waals surface area contributed by atoms with Crippen molar-refractivity contribution in [2.24, 2.45) is 0 Å². The standard InChI is InChI=1S/C24H28N4O.ClH/c1-18-5-4-13-28(18)21-12-14-26(16-21)24(29)20-10-8-19(9-11-20)15-27-17-25-22-6-2-3-7-23(22)27;/h2-3,6-11,17-18,21H,4-5,12-16H2,1H3;1H/t18-,21+;/m0./s1. The van der Waals surface area contributed by atoms with Crippen molar-refractivity contribution < 1.29 is 4.79 Å². The van der Waals surface area contributed by atoms with E-state index in [0.717, 1.165) is 42.7 Å². The molecule has 0 bridgehead atoms. The number of carbonyl (C=O) groups excluding carboxylic acids is 1. The summed E-state index contributed by atoms with van der Waals surface area (Å²) < 4.78 is 2.15. The van der Waals surface area contributed by atoms with Crippen LogP contribution in [0.25, 0.3) is 11.0 Å². The van der Waals surface area contributed by atoms with Gasteiger partial charge < -0.3 is 9.47 Å². The predicted molar refractivity (Wildman–Crippen MR) is 122 cm³/mol. The van der Waals surface area contributed by atoms with Crippen LogP contribution < -0.4 is 0 Å². The van der Waals surface area contributed by atoms with Gasteiger partial charge in [-0.25, -0.2) is 4.98 Å². The van der Waals surface area contributed by atoms with E-state index in [1.165, 1.54) is 24.9 Å². The van der Waals surface area contributed by atoms with Gasteiger partial charge in [0.15, 0.2) is 0 Å². The highest BCUT2D eigenvalue weighted by atomic mass is 35.5.